The van der Waals surface area contributed by atoms with Gasteiger partial charge in [0.15, 0.2) is 0 Å². The number of carbonyl (C=O) groups is 1. The molecular weight excluding hydrogens is 251 g/mol. The van der Waals surface area contributed by atoms with Gasteiger partial charge in [-0.15, -0.1) is 11.6 Å². The Labute approximate surface area is 93.6 Å². The fourth-order valence-electron chi connectivity index (χ4n) is 1.10. The predicted molar refractivity (Wildman–Crippen MR) is 50.7 cm³/mol. The molecule has 0 aliphatic heterocycles. The number of alkyl halides is 3. The van der Waals surface area contributed by atoms with E-state index in [1.165, 1.54) is 0 Å². The molecule has 1 heterocycles. The summed E-state index contributed by atoms with van der Waals surface area (Å²) in [6, 6.07) is 0. The summed E-state index contributed by atoms with van der Waals surface area (Å²) in [4.78, 5) is 14.4. The number of hydrogen-bond donors (Lipinski definition) is 1. The third-order valence-corrected chi connectivity index (χ3v) is 2.26. The quantitative estimate of drug-likeness (QED) is 0.845. The largest absolute Gasteiger partial charge is 0.478 e. The summed E-state index contributed by atoms with van der Waals surface area (Å²) < 4.78 is 25.1. The van der Waals surface area contributed by atoms with E-state index in [9.17, 15) is 13.6 Å². The Kier molecular flexibility index (Phi) is 3.82. The van der Waals surface area contributed by atoms with Crippen LogP contribution in [0.1, 0.15) is 28.0 Å². The minimum Gasteiger partial charge on any atom is -0.478 e. The average molecular weight is 256 g/mol. The van der Waals surface area contributed by atoms with E-state index in [1.807, 2.05) is 0 Å². The second kappa shape index (κ2) is 4.72. The predicted octanol–water partition coefficient (Wildman–Crippen LogP) is 3.11. The lowest BCUT2D eigenvalue weighted by atomic mass is 10.1. The average Bonchev–Trinajstić information content (AvgIpc) is 2.16. The van der Waals surface area contributed by atoms with E-state index < -0.39 is 23.5 Å². The molecule has 82 valence electrons. The lowest BCUT2D eigenvalue weighted by Gasteiger charge is -2.09. The molecule has 0 radical (unpaired) electrons. The molecule has 0 atom stereocenters. The maximum Gasteiger partial charge on any atom is 0.338 e. The third-order valence-electron chi connectivity index (χ3n) is 1.71. The number of carboxylic acid groups (broad SMARTS) is 1. The fourth-order valence-corrected chi connectivity index (χ4v) is 1.53. The van der Waals surface area contributed by atoms with Gasteiger partial charge in [0.05, 0.1) is 27.7 Å². The first-order valence-electron chi connectivity index (χ1n) is 3.73. The van der Waals surface area contributed by atoms with Crippen LogP contribution in [0.5, 0.6) is 0 Å². The zero-order valence-electron chi connectivity index (χ0n) is 7.18. The van der Waals surface area contributed by atoms with E-state index in [2.05, 4.69) is 4.98 Å². The van der Waals surface area contributed by atoms with Gasteiger partial charge in [-0.25, -0.2) is 13.6 Å². The number of aromatic carboxylic acids is 1. The van der Waals surface area contributed by atoms with E-state index >= 15 is 0 Å². The van der Waals surface area contributed by atoms with Gasteiger partial charge in [0.25, 0.3) is 6.43 Å². The first-order valence-corrected chi connectivity index (χ1v) is 4.65. The minimum absolute atomic E-state index is 0.121. The molecule has 0 unspecified atom stereocenters. The van der Waals surface area contributed by atoms with Crippen molar-refractivity contribution in [3.8, 4) is 0 Å². The highest BCUT2D eigenvalue weighted by Gasteiger charge is 2.25. The maximum atomic E-state index is 12.5. The number of hydrogen-bond acceptors (Lipinski definition) is 2. The van der Waals surface area contributed by atoms with Crippen LogP contribution >= 0.6 is 23.2 Å². The maximum absolute atomic E-state index is 12.5. The highest BCUT2D eigenvalue weighted by molar-refractivity contribution is 6.31. The van der Waals surface area contributed by atoms with E-state index in [0.29, 0.717) is 0 Å². The smallest absolute Gasteiger partial charge is 0.338 e. The van der Waals surface area contributed by atoms with Crippen molar-refractivity contribution in [1.82, 2.24) is 4.98 Å². The van der Waals surface area contributed by atoms with Crippen LogP contribution in [0.2, 0.25) is 5.02 Å². The van der Waals surface area contributed by atoms with Crippen LogP contribution in [0.25, 0.3) is 0 Å². The van der Waals surface area contributed by atoms with Gasteiger partial charge in [0.1, 0.15) is 0 Å². The molecule has 0 fully saturated rings. The number of rotatable bonds is 3. The van der Waals surface area contributed by atoms with Gasteiger partial charge >= 0.3 is 5.97 Å². The third kappa shape index (κ3) is 2.35. The molecule has 0 amide bonds. The first-order chi connectivity index (χ1) is 6.99. The van der Waals surface area contributed by atoms with Crippen LogP contribution in [0.3, 0.4) is 0 Å². The molecule has 0 spiro atoms. The van der Waals surface area contributed by atoms with Gasteiger partial charge in [0.2, 0.25) is 0 Å². The molecular formula is C8H5Cl2F2NO2. The zero-order valence-corrected chi connectivity index (χ0v) is 8.69. The molecule has 1 aromatic rings. The lowest BCUT2D eigenvalue weighted by Crippen LogP contribution is -2.09. The molecule has 0 aromatic carbocycles. The first kappa shape index (κ1) is 12.1. The molecule has 1 aromatic heterocycles. The van der Waals surface area contributed by atoms with Crippen molar-refractivity contribution < 1.29 is 18.7 Å². The Balaban J connectivity index is 3.51. The van der Waals surface area contributed by atoms with Crippen molar-refractivity contribution in [2.75, 3.05) is 0 Å². The SMILES string of the molecule is O=C(O)c1c(CCl)ncc(Cl)c1C(F)F. The minimum atomic E-state index is -2.98. The molecule has 0 aliphatic rings. The van der Waals surface area contributed by atoms with Gasteiger partial charge in [0, 0.05) is 6.20 Å². The number of nitrogens with zero attached hydrogens (tertiary/aromatic N) is 1. The molecule has 7 heteroatoms. The van der Waals surface area contributed by atoms with Crippen LogP contribution in [-0.4, -0.2) is 16.1 Å². The van der Waals surface area contributed by atoms with Crippen LogP contribution in [0, 0.1) is 0 Å². The van der Waals surface area contributed by atoms with Crippen molar-refractivity contribution >= 4 is 29.2 Å². The standard InChI is InChI=1S/C8H5Cl2F2NO2/c9-1-4-6(8(14)15)5(7(11)12)3(10)2-13-4/h2,7H,1H2,(H,14,15). The molecule has 0 saturated heterocycles. The summed E-state index contributed by atoms with van der Waals surface area (Å²) in [5, 5.41) is 8.38. The number of aromatic nitrogens is 1. The van der Waals surface area contributed by atoms with Gasteiger partial charge in [-0.2, -0.15) is 0 Å². The highest BCUT2D eigenvalue weighted by atomic mass is 35.5. The van der Waals surface area contributed by atoms with Crippen molar-refractivity contribution in [3.63, 3.8) is 0 Å². The van der Waals surface area contributed by atoms with Gasteiger partial charge < -0.3 is 5.11 Å². The number of carboxylic acids is 1. The Morgan fingerprint density at radius 2 is 2.20 bits per heavy atom. The Hall–Kier alpha value is -0.940. The molecule has 15 heavy (non-hydrogen) atoms. The molecule has 0 saturated carbocycles. The normalized spacial score (nSPS) is 10.7. The topological polar surface area (TPSA) is 50.2 Å². The molecule has 1 N–H and O–H groups in total. The molecule has 3 nitrogen and oxygen atoms in total. The van der Waals surface area contributed by atoms with Crippen molar-refractivity contribution in [3.05, 3.63) is 28.0 Å². The Morgan fingerprint density at radius 3 is 2.60 bits per heavy atom. The molecule has 0 aliphatic carbocycles. The summed E-state index contributed by atoms with van der Waals surface area (Å²) >= 11 is 10.8. The van der Waals surface area contributed by atoms with Gasteiger partial charge in [-0.05, 0) is 0 Å². The van der Waals surface area contributed by atoms with Gasteiger partial charge in [-0.1, -0.05) is 11.6 Å². The van der Waals surface area contributed by atoms with Crippen LogP contribution in [-0.2, 0) is 5.88 Å². The summed E-state index contributed by atoms with van der Waals surface area (Å²) in [6.45, 7) is 0. The Morgan fingerprint density at radius 1 is 1.60 bits per heavy atom. The number of pyridine rings is 1. The van der Waals surface area contributed by atoms with E-state index in [-0.39, 0.29) is 16.6 Å². The lowest BCUT2D eigenvalue weighted by molar-refractivity contribution is 0.0683. The molecule has 1 rings (SSSR count). The van der Waals surface area contributed by atoms with Crippen LogP contribution in [0.4, 0.5) is 8.78 Å². The van der Waals surface area contributed by atoms with E-state index in [4.69, 9.17) is 28.3 Å². The monoisotopic (exact) mass is 255 g/mol. The van der Waals surface area contributed by atoms with Gasteiger partial charge in [-0.3, -0.25) is 4.98 Å². The fraction of sp³-hybridized carbons (Fsp3) is 0.250. The second-order valence-electron chi connectivity index (χ2n) is 2.58. The molecule has 0 bridgehead atoms. The highest BCUT2D eigenvalue weighted by Crippen LogP contribution is 2.31. The van der Waals surface area contributed by atoms with Crippen LogP contribution in [0.15, 0.2) is 6.20 Å². The number of halogens is 4. The Bertz CT molecular complexity index is 398. The second-order valence-corrected chi connectivity index (χ2v) is 3.26. The summed E-state index contributed by atoms with van der Waals surface area (Å²) in [5.74, 6) is -1.78. The summed E-state index contributed by atoms with van der Waals surface area (Å²) in [6.07, 6.45) is -2.01. The van der Waals surface area contributed by atoms with E-state index in [1.54, 1.807) is 0 Å². The van der Waals surface area contributed by atoms with Crippen molar-refractivity contribution in [2.45, 2.75) is 12.3 Å². The summed E-state index contributed by atoms with van der Waals surface area (Å²) in [7, 11) is 0. The van der Waals surface area contributed by atoms with E-state index in [0.717, 1.165) is 6.20 Å². The van der Waals surface area contributed by atoms with Crippen molar-refractivity contribution in [2.24, 2.45) is 0 Å². The zero-order chi connectivity index (χ0) is 11.6. The summed E-state index contributed by atoms with van der Waals surface area (Å²) in [5.41, 5.74) is -1.48. The van der Waals surface area contributed by atoms with Crippen LogP contribution < -0.4 is 0 Å². The van der Waals surface area contributed by atoms with Crippen molar-refractivity contribution in [1.29, 1.82) is 0 Å².